The zero-order valence-corrected chi connectivity index (χ0v) is 13.2. The van der Waals surface area contributed by atoms with E-state index in [-0.39, 0.29) is 18.1 Å². The van der Waals surface area contributed by atoms with Crippen molar-refractivity contribution < 1.29 is 23.4 Å². The molecule has 0 aliphatic carbocycles. The van der Waals surface area contributed by atoms with Crippen molar-refractivity contribution in [3.8, 4) is 17.2 Å². The summed E-state index contributed by atoms with van der Waals surface area (Å²) in [6.45, 7) is 0. The topological polar surface area (TPSA) is 56.8 Å². The molecule has 0 atom stereocenters. The van der Waals surface area contributed by atoms with E-state index >= 15 is 0 Å². The van der Waals surface area contributed by atoms with Crippen molar-refractivity contribution in [3.05, 3.63) is 47.8 Å². The summed E-state index contributed by atoms with van der Waals surface area (Å²) in [5.74, 6) is 0.457. The number of rotatable bonds is 6. The highest BCUT2D eigenvalue weighted by molar-refractivity contribution is 5.94. The monoisotopic (exact) mass is 319 g/mol. The second-order valence-electron chi connectivity index (χ2n) is 4.76. The zero-order chi connectivity index (χ0) is 16.8. The Labute approximate surface area is 134 Å². The van der Waals surface area contributed by atoms with E-state index < -0.39 is 5.82 Å². The molecule has 0 unspecified atom stereocenters. The SMILES string of the molecule is COc1ccc(OC)c(NC(=O)Cc2ccc(OC)c(F)c2)c1. The van der Waals surface area contributed by atoms with Crippen molar-refractivity contribution in [1.82, 2.24) is 0 Å². The van der Waals surface area contributed by atoms with E-state index in [0.717, 1.165) is 0 Å². The van der Waals surface area contributed by atoms with Gasteiger partial charge in [-0.15, -0.1) is 0 Å². The molecule has 1 N–H and O–H groups in total. The molecule has 122 valence electrons. The van der Waals surface area contributed by atoms with Crippen LogP contribution in [0, 0.1) is 5.82 Å². The van der Waals surface area contributed by atoms with Crippen LogP contribution in [0.5, 0.6) is 17.2 Å². The number of ether oxygens (including phenoxy) is 3. The molecule has 0 fully saturated rings. The van der Waals surface area contributed by atoms with Gasteiger partial charge in [-0.3, -0.25) is 4.79 Å². The fourth-order valence-corrected chi connectivity index (χ4v) is 2.11. The van der Waals surface area contributed by atoms with Gasteiger partial charge in [0.15, 0.2) is 11.6 Å². The number of hydrogen-bond donors (Lipinski definition) is 1. The highest BCUT2D eigenvalue weighted by Crippen LogP contribution is 2.29. The van der Waals surface area contributed by atoms with Crippen LogP contribution >= 0.6 is 0 Å². The van der Waals surface area contributed by atoms with Crippen LogP contribution in [0.25, 0.3) is 0 Å². The molecule has 1 amide bonds. The summed E-state index contributed by atoms with van der Waals surface area (Å²) in [7, 11) is 4.43. The van der Waals surface area contributed by atoms with Gasteiger partial charge in [0.05, 0.1) is 33.4 Å². The lowest BCUT2D eigenvalue weighted by Crippen LogP contribution is -2.15. The first-order chi connectivity index (χ1) is 11.1. The summed E-state index contributed by atoms with van der Waals surface area (Å²) in [5, 5.41) is 2.74. The van der Waals surface area contributed by atoms with Crippen LogP contribution in [0.2, 0.25) is 0 Å². The Bertz CT molecular complexity index is 703. The summed E-state index contributed by atoms with van der Waals surface area (Å²) >= 11 is 0. The van der Waals surface area contributed by atoms with Gasteiger partial charge in [0.2, 0.25) is 5.91 Å². The number of amides is 1. The Morgan fingerprint density at radius 2 is 1.70 bits per heavy atom. The number of anilines is 1. The molecule has 0 aliphatic rings. The summed E-state index contributed by atoms with van der Waals surface area (Å²) in [4.78, 5) is 12.2. The molecule has 23 heavy (non-hydrogen) atoms. The fourth-order valence-electron chi connectivity index (χ4n) is 2.11. The Hall–Kier alpha value is -2.76. The van der Waals surface area contributed by atoms with Crippen LogP contribution in [-0.4, -0.2) is 27.2 Å². The van der Waals surface area contributed by atoms with E-state index in [1.807, 2.05) is 0 Å². The number of nitrogens with one attached hydrogen (secondary N) is 1. The zero-order valence-electron chi connectivity index (χ0n) is 13.2. The first-order valence-electron chi connectivity index (χ1n) is 6.91. The average molecular weight is 319 g/mol. The second kappa shape index (κ2) is 7.49. The molecule has 5 nitrogen and oxygen atoms in total. The molecular formula is C17H18FNO4. The Balaban J connectivity index is 2.11. The molecule has 2 aromatic rings. The summed E-state index contributed by atoms with van der Waals surface area (Å²) in [6.07, 6.45) is 0.0290. The summed E-state index contributed by atoms with van der Waals surface area (Å²) in [5.41, 5.74) is 1.04. The lowest BCUT2D eigenvalue weighted by Gasteiger charge is -2.12. The van der Waals surface area contributed by atoms with E-state index in [1.54, 1.807) is 24.3 Å². The average Bonchev–Trinajstić information content (AvgIpc) is 2.54. The Kier molecular flexibility index (Phi) is 5.41. The minimum atomic E-state index is -0.503. The third-order valence-electron chi connectivity index (χ3n) is 3.26. The smallest absolute Gasteiger partial charge is 0.228 e. The predicted octanol–water partition coefficient (Wildman–Crippen LogP) is 3.03. The van der Waals surface area contributed by atoms with Crippen molar-refractivity contribution in [3.63, 3.8) is 0 Å². The third-order valence-corrected chi connectivity index (χ3v) is 3.26. The molecule has 2 rings (SSSR count). The molecule has 0 aliphatic heterocycles. The van der Waals surface area contributed by atoms with Gasteiger partial charge >= 0.3 is 0 Å². The Morgan fingerprint density at radius 1 is 1.00 bits per heavy atom. The van der Waals surface area contributed by atoms with Gasteiger partial charge in [-0.25, -0.2) is 4.39 Å². The van der Waals surface area contributed by atoms with Gasteiger partial charge in [0.25, 0.3) is 0 Å². The molecule has 0 saturated carbocycles. The standard InChI is InChI=1S/C17H18FNO4/c1-21-12-5-7-16(23-3)14(10-12)19-17(20)9-11-4-6-15(22-2)13(18)8-11/h4-8,10H,9H2,1-3H3,(H,19,20). The number of halogens is 1. The predicted molar refractivity (Wildman–Crippen MR) is 84.8 cm³/mol. The number of carbonyl (C=O) groups excluding carboxylic acids is 1. The number of hydrogen-bond acceptors (Lipinski definition) is 4. The van der Waals surface area contributed by atoms with Crippen molar-refractivity contribution in [2.24, 2.45) is 0 Å². The number of carbonyl (C=O) groups is 1. The molecule has 0 spiro atoms. The molecule has 0 bridgehead atoms. The maximum absolute atomic E-state index is 13.7. The maximum atomic E-state index is 13.7. The van der Waals surface area contributed by atoms with E-state index in [9.17, 15) is 9.18 Å². The molecule has 0 heterocycles. The minimum absolute atomic E-state index is 0.0290. The quantitative estimate of drug-likeness (QED) is 0.889. The molecule has 0 saturated heterocycles. The summed E-state index contributed by atoms with van der Waals surface area (Å²) in [6, 6.07) is 9.50. The largest absolute Gasteiger partial charge is 0.497 e. The van der Waals surface area contributed by atoms with E-state index in [4.69, 9.17) is 14.2 Å². The normalized spacial score (nSPS) is 10.1. The first kappa shape index (κ1) is 16.6. The maximum Gasteiger partial charge on any atom is 0.228 e. The van der Waals surface area contributed by atoms with E-state index in [0.29, 0.717) is 22.7 Å². The van der Waals surface area contributed by atoms with Crippen molar-refractivity contribution in [2.75, 3.05) is 26.6 Å². The van der Waals surface area contributed by atoms with Gasteiger partial charge in [-0.2, -0.15) is 0 Å². The van der Waals surface area contributed by atoms with Gasteiger partial charge in [-0.05, 0) is 29.8 Å². The number of benzene rings is 2. The van der Waals surface area contributed by atoms with Crippen molar-refractivity contribution in [1.29, 1.82) is 0 Å². The lowest BCUT2D eigenvalue weighted by atomic mass is 10.1. The van der Waals surface area contributed by atoms with Crippen LogP contribution in [-0.2, 0) is 11.2 Å². The van der Waals surface area contributed by atoms with Gasteiger partial charge in [0.1, 0.15) is 11.5 Å². The molecule has 2 aromatic carbocycles. The van der Waals surface area contributed by atoms with Crippen LogP contribution < -0.4 is 19.5 Å². The first-order valence-corrected chi connectivity index (χ1v) is 6.91. The van der Waals surface area contributed by atoms with Crippen molar-refractivity contribution in [2.45, 2.75) is 6.42 Å². The third kappa shape index (κ3) is 4.12. The van der Waals surface area contributed by atoms with Crippen LogP contribution in [0.3, 0.4) is 0 Å². The molecule has 6 heteroatoms. The molecular weight excluding hydrogens is 301 g/mol. The van der Waals surface area contributed by atoms with Crippen LogP contribution in [0.15, 0.2) is 36.4 Å². The highest BCUT2D eigenvalue weighted by Gasteiger charge is 2.11. The minimum Gasteiger partial charge on any atom is -0.497 e. The molecule has 0 radical (unpaired) electrons. The second-order valence-corrected chi connectivity index (χ2v) is 4.76. The van der Waals surface area contributed by atoms with E-state index in [2.05, 4.69) is 5.32 Å². The Morgan fingerprint density at radius 3 is 2.30 bits per heavy atom. The summed E-state index contributed by atoms with van der Waals surface area (Å²) < 4.78 is 28.8. The molecule has 0 aromatic heterocycles. The highest BCUT2D eigenvalue weighted by atomic mass is 19.1. The van der Waals surface area contributed by atoms with Crippen molar-refractivity contribution >= 4 is 11.6 Å². The van der Waals surface area contributed by atoms with Gasteiger partial charge in [0, 0.05) is 6.07 Å². The van der Waals surface area contributed by atoms with Gasteiger partial charge in [-0.1, -0.05) is 6.07 Å². The van der Waals surface area contributed by atoms with E-state index in [1.165, 1.54) is 33.5 Å². The van der Waals surface area contributed by atoms with Gasteiger partial charge < -0.3 is 19.5 Å². The fraction of sp³-hybridized carbons (Fsp3) is 0.235. The number of methoxy groups -OCH3 is 3. The van der Waals surface area contributed by atoms with Crippen LogP contribution in [0.4, 0.5) is 10.1 Å². The lowest BCUT2D eigenvalue weighted by molar-refractivity contribution is -0.115. The van der Waals surface area contributed by atoms with Crippen LogP contribution in [0.1, 0.15) is 5.56 Å².